The Morgan fingerprint density at radius 2 is 1.44 bits per heavy atom. The van der Waals surface area contributed by atoms with Gasteiger partial charge in [0, 0.05) is 12.0 Å². The molecule has 0 amide bonds. The third-order valence-corrected chi connectivity index (χ3v) is 5.85. The molecule has 0 atom stereocenters. The van der Waals surface area contributed by atoms with Gasteiger partial charge in [0.15, 0.2) is 5.78 Å². The Bertz CT molecular complexity index is 772. The minimum atomic E-state index is 0.317. The summed E-state index contributed by atoms with van der Waals surface area (Å²) in [6, 6.07) is 13.3. The number of carbonyl (C=O) groups is 1. The molecule has 0 spiro atoms. The van der Waals surface area contributed by atoms with Gasteiger partial charge < -0.3 is 0 Å². The smallest absolute Gasteiger partial charge is 0.162 e. The molecule has 0 unspecified atom stereocenters. The molecule has 1 aliphatic rings. The van der Waals surface area contributed by atoms with Crippen molar-refractivity contribution in [1.29, 1.82) is 0 Å². The number of hydrogen-bond donors (Lipinski definition) is 0. The van der Waals surface area contributed by atoms with E-state index in [1.807, 2.05) is 6.07 Å². The second-order valence-corrected chi connectivity index (χ2v) is 8.05. The van der Waals surface area contributed by atoms with Crippen LogP contribution in [-0.4, -0.2) is 5.78 Å². The number of fused-ring (bicyclic) bond motifs is 3. The van der Waals surface area contributed by atoms with Gasteiger partial charge >= 0.3 is 0 Å². The Kier molecular flexibility index (Phi) is 7.26. The van der Waals surface area contributed by atoms with Gasteiger partial charge in [-0.2, -0.15) is 0 Å². The molecule has 1 aliphatic carbocycles. The lowest BCUT2D eigenvalue weighted by atomic mass is 9.83. The van der Waals surface area contributed by atoms with E-state index in [1.54, 1.807) is 0 Å². The van der Waals surface area contributed by atoms with Crippen LogP contribution in [-0.2, 0) is 19.3 Å². The Morgan fingerprint density at radius 3 is 2.19 bits per heavy atom. The topological polar surface area (TPSA) is 17.1 Å². The van der Waals surface area contributed by atoms with Crippen molar-refractivity contribution in [2.75, 3.05) is 0 Å². The highest BCUT2D eigenvalue weighted by Crippen LogP contribution is 2.35. The highest BCUT2D eigenvalue weighted by molar-refractivity contribution is 5.97. The molecule has 144 valence electrons. The fourth-order valence-electron chi connectivity index (χ4n) is 4.28. The number of ketones is 1. The SMILES string of the molecule is CCCCCCCCC(=O)c1ccc2c(c1)CCc1cc(CCC)ccc1-2. The van der Waals surface area contributed by atoms with Crippen LogP contribution in [0.25, 0.3) is 11.1 Å². The zero-order valence-corrected chi connectivity index (χ0v) is 17.2. The maximum absolute atomic E-state index is 12.6. The van der Waals surface area contributed by atoms with E-state index < -0.39 is 0 Å². The number of benzene rings is 2. The van der Waals surface area contributed by atoms with Crippen molar-refractivity contribution in [3.8, 4) is 11.1 Å². The largest absolute Gasteiger partial charge is 0.294 e. The molecule has 27 heavy (non-hydrogen) atoms. The lowest BCUT2D eigenvalue weighted by Gasteiger charge is -2.21. The number of hydrogen-bond acceptors (Lipinski definition) is 1. The molecule has 1 heteroatoms. The van der Waals surface area contributed by atoms with Gasteiger partial charge in [-0.25, -0.2) is 0 Å². The second-order valence-electron chi connectivity index (χ2n) is 8.05. The highest BCUT2D eigenvalue weighted by atomic mass is 16.1. The van der Waals surface area contributed by atoms with E-state index in [0.717, 1.165) is 31.2 Å². The zero-order valence-electron chi connectivity index (χ0n) is 17.2. The van der Waals surface area contributed by atoms with Crippen molar-refractivity contribution in [3.63, 3.8) is 0 Å². The van der Waals surface area contributed by atoms with Crippen LogP contribution in [0.2, 0.25) is 0 Å². The Morgan fingerprint density at radius 1 is 0.778 bits per heavy atom. The maximum atomic E-state index is 12.6. The monoisotopic (exact) mass is 362 g/mol. The first-order valence-corrected chi connectivity index (χ1v) is 11.0. The van der Waals surface area contributed by atoms with E-state index in [0.29, 0.717) is 12.2 Å². The Hall–Kier alpha value is -1.89. The zero-order chi connectivity index (χ0) is 19.1. The number of carbonyl (C=O) groups excluding carboxylic acids is 1. The second kappa shape index (κ2) is 9.88. The molecule has 2 aromatic carbocycles. The number of unbranched alkanes of at least 4 members (excludes halogenated alkanes) is 5. The first kappa shape index (κ1) is 19.9. The molecule has 0 aromatic heterocycles. The van der Waals surface area contributed by atoms with Crippen molar-refractivity contribution in [1.82, 2.24) is 0 Å². The average molecular weight is 363 g/mol. The van der Waals surface area contributed by atoms with Crippen LogP contribution >= 0.6 is 0 Å². The molecule has 2 aromatic rings. The first-order chi connectivity index (χ1) is 13.2. The summed E-state index contributed by atoms with van der Waals surface area (Å²) >= 11 is 0. The van der Waals surface area contributed by atoms with Gasteiger partial charge in [0.25, 0.3) is 0 Å². The number of aryl methyl sites for hydroxylation is 3. The summed E-state index contributed by atoms with van der Waals surface area (Å²) in [5.74, 6) is 0.317. The first-order valence-electron chi connectivity index (χ1n) is 11.0. The predicted octanol–water partition coefficient (Wildman–Crippen LogP) is 7.34. The van der Waals surface area contributed by atoms with Crippen LogP contribution < -0.4 is 0 Å². The minimum Gasteiger partial charge on any atom is -0.294 e. The summed E-state index contributed by atoms with van der Waals surface area (Å²) < 4.78 is 0. The lowest BCUT2D eigenvalue weighted by Crippen LogP contribution is -2.07. The van der Waals surface area contributed by atoms with Crippen molar-refractivity contribution >= 4 is 5.78 Å². The lowest BCUT2D eigenvalue weighted by molar-refractivity contribution is 0.0979. The van der Waals surface area contributed by atoms with E-state index in [2.05, 4.69) is 44.2 Å². The van der Waals surface area contributed by atoms with Crippen molar-refractivity contribution < 1.29 is 4.79 Å². The fraction of sp³-hybridized carbons (Fsp3) is 0.500. The normalized spacial score (nSPS) is 12.5. The summed E-state index contributed by atoms with van der Waals surface area (Å²) in [7, 11) is 0. The summed E-state index contributed by atoms with van der Waals surface area (Å²) in [6.07, 6.45) is 12.6. The van der Waals surface area contributed by atoms with E-state index in [1.165, 1.54) is 66.3 Å². The van der Waals surface area contributed by atoms with Gasteiger partial charge in [0.2, 0.25) is 0 Å². The molecule has 0 fully saturated rings. The van der Waals surface area contributed by atoms with Gasteiger partial charge in [0.1, 0.15) is 0 Å². The molecule has 3 rings (SSSR count). The molecular weight excluding hydrogens is 328 g/mol. The summed E-state index contributed by atoms with van der Waals surface area (Å²) in [6.45, 7) is 4.47. The van der Waals surface area contributed by atoms with Crippen LogP contribution in [0.1, 0.15) is 92.3 Å². The highest BCUT2D eigenvalue weighted by Gasteiger charge is 2.18. The van der Waals surface area contributed by atoms with E-state index in [-0.39, 0.29) is 0 Å². The summed E-state index contributed by atoms with van der Waals surface area (Å²) in [4.78, 5) is 12.6. The Labute approximate surface area is 165 Å². The van der Waals surface area contributed by atoms with E-state index >= 15 is 0 Å². The average Bonchev–Trinajstić information content (AvgIpc) is 2.70. The molecule has 0 saturated carbocycles. The van der Waals surface area contributed by atoms with Crippen LogP contribution in [0.4, 0.5) is 0 Å². The van der Waals surface area contributed by atoms with Crippen LogP contribution in [0, 0.1) is 0 Å². The summed E-state index contributed by atoms with van der Waals surface area (Å²) in [5, 5.41) is 0. The van der Waals surface area contributed by atoms with Crippen LogP contribution in [0.5, 0.6) is 0 Å². The molecule has 0 heterocycles. The third kappa shape index (κ3) is 5.09. The van der Waals surface area contributed by atoms with Gasteiger partial charge in [-0.15, -0.1) is 0 Å². The molecule has 0 saturated heterocycles. The maximum Gasteiger partial charge on any atom is 0.162 e. The quantitative estimate of drug-likeness (QED) is 0.319. The Balaban J connectivity index is 1.64. The van der Waals surface area contributed by atoms with Crippen molar-refractivity contribution in [3.05, 3.63) is 58.7 Å². The van der Waals surface area contributed by atoms with E-state index in [4.69, 9.17) is 0 Å². The molecular formula is C26H34O. The van der Waals surface area contributed by atoms with Crippen molar-refractivity contribution in [2.24, 2.45) is 0 Å². The van der Waals surface area contributed by atoms with Gasteiger partial charge in [-0.05, 0) is 59.6 Å². The predicted molar refractivity (Wildman–Crippen MR) is 116 cm³/mol. The standard InChI is InChI=1S/C26H34O/c1-3-5-6-7-8-9-11-26(27)23-15-17-25-22(19-23)14-13-21-18-20(10-4-2)12-16-24(21)25/h12,15-19H,3-11,13-14H2,1-2H3. The number of rotatable bonds is 10. The molecule has 1 nitrogen and oxygen atoms in total. The third-order valence-electron chi connectivity index (χ3n) is 5.85. The number of Topliss-reactive ketones (excluding diaryl/α,β-unsaturated/α-hetero) is 1. The van der Waals surface area contributed by atoms with Crippen molar-refractivity contribution in [2.45, 2.75) is 84.5 Å². The molecule has 0 aliphatic heterocycles. The van der Waals surface area contributed by atoms with Gasteiger partial charge in [0.05, 0.1) is 0 Å². The molecule has 0 radical (unpaired) electrons. The fourth-order valence-corrected chi connectivity index (χ4v) is 4.28. The van der Waals surface area contributed by atoms with Gasteiger partial charge in [-0.1, -0.05) is 82.7 Å². The minimum absolute atomic E-state index is 0.317. The molecule has 0 N–H and O–H groups in total. The van der Waals surface area contributed by atoms with Crippen LogP contribution in [0.3, 0.4) is 0 Å². The van der Waals surface area contributed by atoms with Gasteiger partial charge in [-0.3, -0.25) is 4.79 Å². The summed E-state index contributed by atoms with van der Waals surface area (Å²) in [5.41, 5.74) is 7.87. The van der Waals surface area contributed by atoms with Crippen LogP contribution in [0.15, 0.2) is 36.4 Å². The van der Waals surface area contributed by atoms with E-state index in [9.17, 15) is 4.79 Å². The molecule has 0 bridgehead atoms.